The molecular weight excluding hydrogens is 244 g/mol. The summed E-state index contributed by atoms with van der Waals surface area (Å²) in [6.45, 7) is 2.86. The van der Waals surface area contributed by atoms with E-state index < -0.39 is 0 Å². The average Bonchev–Trinajstić information content (AvgIpc) is 2.86. The third-order valence-corrected chi connectivity index (χ3v) is 3.37. The maximum atomic E-state index is 9.24. The first-order valence-corrected chi connectivity index (χ1v) is 6.87. The molecule has 5 heteroatoms. The van der Waals surface area contributed by atoms with Gasteiger partial charge >= 0.3 is 0 Å². The van der Waals surface area contributed by atoms with E-state index in [1.807, 2.05) is 42.3 Å². The number of aromatic nitrogens is 2. The highest BCUT2D eigenvalue weighted by Crippen LogP contribution is 2.28. The monoisotopic (exact) mass is 258 g/mol. The summed E-state index contributed by atoms with van der Waals surface area (Å²) in [7, 11) is 0. The van der Waals surface area contributed by atoms with E-state index in [-0.39, 0.29) is 0 Å². The van der Waals surface area contributed by atoms with E-state index in [2.05, 4.69) is 16.5 Å². The van der Waals surface area contributed by atoms with Crippen LogP contribution >= 0.6 is 11.8 Å². The van der Waals surface area contributed by atoms with Crippen LogP contribution in [-0.4, -0.2) is 16.0 Å². The molecule has 0 amide bonds. The summed E-state index contributed by atoms with van der Waals surface area (Å²) in [5.41, 5.74) is 2.39. The predicted molar refractivity (Wildman–Crippen MR) is 74.1 cm³/mol. The second kappa shape index (κ2) is 5.61. The minimum absolute atomic E-state index is 0.675. The standard InChI is InChI=1S/C13H14N4S/c1-3-17-9-10(8-15-17)16-12-5-4-6-13(18-2)11(12)7-14/h4-6,8-9,16H,3H2,1-2H3. The number of hydrogen-bond acceptors (Lipinski definition) is 4. The molecule has 1 aromatic heterocycles. The molecule has 0 bridgehead atoms. The van der Waals surface area contributed by atoms with E-state index in [0.717, 1.165) is 22.8 Å². The molecule has 0 atom stereocenters. The van der Waals surface area contributed by atoms with E-state index in [1.54, 1.807) is 18.0 Å². The number of rotatable bonds is 4. The van der Waals surface area contributed by atoms with Crippen molar-refractivity contribution in [2.75, 3.05) is 11.6 Å². The zero-order chi connectivity index (χ0) is 13.0. The maximum Gasteiger partial charge on any atom is 0.103 e. The molecule has 0 aliphatic heterocycles. The molecule has 0 saturated carbocycles. The summed E-state index contributed by atoms with van der Waals surface area (Å²) in [6, 6.07) is 8.04. The van der Waals surface area contributed by atoms with Crippen LogP contribution in [0.2, 0.25) is 0 Å². The van der Waals surface area contributed by atoms with Crippen molar-refractivity contribution >= 4 is 23.1 Å². The minimum atomic E-state index is 0.675. The summed E-state index contributed by atoms with van der Waals surface area (Å²) in [5, 5.41) is 16.7. The van der Waals surface area contributed by atoms with Gasteiger partial charge in [0.05, 0.1) is 23.1 Å². The van der Waals surface area contributed by atoms with Gasteiger partial charge in [-0.05, 0) is 25.3 Å². The largest absolute Gasteiger partial charge is 0.352 e. The topological polar surface area (TPSA) is 53.6 Å². The van der Waals surface area contributed by atoms with Crippen molar-refractivity contribution < 1.29 is 0 Å². The number of aryl methyl sites for hydroxylation is 1. The van der Waals surface area contributed by atoms with Crippen molar-refractivity contribution in [2.24, 2.45) is 0 Å². The first-order valence-electron chi connectivity index (χ1n) is 5.65. The summed E-state index contributed by atoms with van der Waals surface area (Å²) < 4.78 is 1.84. The van der Waals surface area contributed by atoms with Crippen molar-refractivity contribution in [3.8, 4) is 6.07 Å². The third-order valence-electron chi connectivity index (χ3n) is 2.59. The molecule has 4 nitrogen and oxygen atoms in total. The van der Waals surface area contributed by atoms with Crippen molar-refractivity contribution in [2.45, 2.75) is 18.4 Å². The van der Waals surface area contributed by atoms with Crippen LogP contribution in [0.5, 0.6) is 0 Å². The second-order valence-electron chi connectivity index (χ2n) is 3.70. The van der Waals surface area contributed by atoms with Gasteiger partial charge < -0.3 is 5.32 Å². The van der Waals surface area contributed by atoms with E-state index in [0.29, 0.717) is 5.56 Å². The quantitative estimate of drug-likeness (QED) is 0.855. The van der Waals surface area contributed by atoms with Crippen LogP contribution in [0.15, 0.2) is 35.5 Å². The molecular formula is C13H14N4S. The zero-order valence-electron chi connectivity index (χ0n) is 10.3. The fraction of sp³-hybridized carbons (Fsp3) is 0.231. The maximum absolute atomic E-state index is 9.24. The molecule has 0 saturated heterocycles. The summed E-state index contributed by atoms with van der Waals surface area (Å²) in [5.74, 6) is 0. The molecule has 18 heavy (non-hydrogen) atoms. The fourth-order valence-corrected chi connectivity index (χ4v) is 2.25. The number of nitrogens with zero attached hydrogens (tertiary/aromatic N) is 3. The first kappa shape index (κ1) is 12.5. The molecule has 0 unspecified atom stereocenters. The first-order chi connectivity index (χ1) is 8.78. The van der Waals surface area contributed by atoms with Crippen LogP contribution in [-0.2, 0) is 6.54 Å². The van der Waals surface area contributed by atoms with Crippen molar-refractivity contribution in [3.05, 3.63) is 36.2 Å². The predicted octanol–water partition coefficient (Wildman–Crippen LogP) is 3.24. The summed E-state index contributed by atoms with van der Waals surface area (Å²) in [4.78, 5) is 0.977. The highest BCUT2D eigenvalue weighted by atomic mass is 32.2. The Morgan fingerprint density at radius 1 is 1.50 bits per heavy atom. The van der Waals surface area contributed by atoms with E-state index in [4.69, 9.17) is 0 Å². The smallest absolute Gasteiger partial charge is 0.103 e. The number of anilines is 2. The Labute approximate surface area is 111 Å². The Balaban J connectivity index is 2.31. The molecule has 0 radical (unpaired) electrons. The molecule has 1 N–H and O–H groups in total. The van der Waals surface area contributed by atoms with E-state index >= 15 is 0 Å². The number of thioether (sulfide) groups is 1. The number of hydrogen-bond donors (Lipinski definition) is 1. The molecule has 92 valence electrons. The fourth-order valence-electron chi connectivity index (χ4n) is 1.68. The summed E-state index contributed by atoms with van der Waals surface area (Å²) >= 11 is 1.57. The number of nitriles is 1. The van der Waals surface area contributed by atoms with Crippen molar-refractivity contribution in [3.63, 3.8) is 0 Å². The van der Waals surface area contributed by atoms with Gasteiger partial charge in [0.2, 0.25) is 0 Å². The molecule has 1 heterocycles. The highest BCUT2D eigenvalue weighted by Gasteiger charge is 2.08. The van der Waals surface area contributed by atoms with Crippen LogP contribution in [0.3, 0.4) is 0 Å². The zero-order valence-corrected chi connectivity index (χ0v) is 11.2. The SMILES string of the molecule is CCn1cc(Nc2cccc(SC)c2C#N)cn1. The van der Waals surface area contributed by atoms with E-state index in [9.17, 15) is 5.26 Å². The van der Waals surface area contributed by atoms with Gasteiger partial charge in [0, 0.05) is 17.6 Å². The van der Waals surface area contributed by atoms with Gasteiger partial charge in [0.25, 0.3) is 0 Å². The molecule has 0 fully saturated rings. The third kappa shape index (κ3) is 2.49. The molecule has 0 aliphatic rings. The van der Waals surface area contributed by atoms with Crippen LogP contribution < -0.4 is 5.32 Å². The van der Waals surface area contributed by atoms with Crippen LogP contribution in [0.4, 0.5) is 11.4 Å². The van der Waals surface area contributed by atoms with Crippen LogP contribution in [0.25, 0.3) is 0 Å². The van der Waals surface area contributed by atoms with Gasteiger partial charge in [-0.25, -0.2) is 0 Å². The molecule has 0 spiro atoms. The Kier molecular flexibility index (Phi) is 3.90. The van der Waals surface area contributed by atoms with Crippen LogP contribution in [0.1, 0.15) is 12.5 Å². The Morgan fingerprint density at radius 2 is 2.33 bits per heavy atom. The lowest BCUT2D eigenvalue weighted by Gasteiger charge is -2.08. The van der Waals surface area contributed by atoms with Crippen molar-refractivity contribution in [1.82, 2.24) is 9.78 Å². The van der Waals surface area contributed by atoms with E-state index in [1.165, 1.54) is 0 Å². The summed E-state index contributed by atoms with van der Waals surface area (Å²) in [6.07, 6.45) is 5.65. The van der Waals surface area contributed by atoms with Crippen LogP contribution in [0, 0.1) is 11.3 Å². The molecule has 2 aromatic rings. The average molecular weight is 258 g/mol. The number of benzene rings is 1. The molecule has 2 rings (SSSR count). The molecule has 0 aliphatic carbocycles. The normalized spacial score (nSPS) is 10.1. The number of nitrogens with one attached hydrogen (secondary N) is 1. The lowest BCUT2D eigenvalue weighted by molar-refractivity contribution is 0.660. The van der Waals surface area contributed by atoms with Gasteiger partial charge in [-0.2, -0.15) is 10.4 Å². The van der Waals surface area contributed by atoms with Gasteiger partial charge in [-0.1, -0.05) is 6.07 Å². The van der Waals surface area contributed by atoms with Gasteiger partial charge in [-0.15, -0.1) is 11.8 Å². The van der Waals surface area contributed by atoms with Gasteiger partial charge in [0.1, 0.15) is 6.07 Å². The minimum Gasteiger partial charge on any atom is -0.352 e. The lowest BCUT2D eigenvalue weighted by Crippen LogP contribution is -1.95. The Hall–Kier alpha value is -1.93. The highest BCUT2D eigenvalue weighted by molar-refractivity contribution is 7.98. The second-order valence-corrected chi connectivity index (χ2v) is 4.55. The Bertz CT molecular complexity index is 583. The van der Waals surface area contributed by atoms with Gasteiger partial charge in [0.15, 0.2) is 0 Å². The van der Waals surface area contributed by atoms with Gasteiger partial charge in [-0.3, -0.25) is 4.68 Å². The Morgan fingerprint density at radius 3 is 2.94 bits per heavy atom. The van der Waals surface area contributed by atoms with Crippen molar-refractivity contribution in [1.29, 1.82) is 5.26 Å². The lowest BCUT2D eigenvalue weighted by atomic mass is 10.2. The molecule has 1 aromatic carbocycles.